The van der Waals surface area contributed by atoms with Gasteiger partial charge in [-0.05, 0) is 36.6 Å². The standard InChI is InChI=1S/C19H23N5O/c1-24-13-17(19(23-24)16-5-4-7-20-11-16)12-21-10-15(14-25)9-18-6-2-3-8-22-18/h2-8,11,13,15,21,25H,9-10,12,14H2,1H3. The van der Waals surface area contributed by atoms with E-state index in [1.54, 1.807) is 12.4 Å². The van der Waals surface area contributed by atoms with Gasteiger partial charge in [0.2, 0.25) is 0 Å². The van der Waals surface area contributed by atoms with Crippen LogP contribution in [0.25, 0.3) is 11.3 Å². The summed E-state index contributed by atoms with van der Waals surface area (Å²) < 4.78 is 1.82. The lowest BCUT2D eigenvalue weighted by molar-refractivity contribution is 0.220. The Balaban J connectivity index is 1.60. The molecule has 0 aromatic carbocycles. The van der Waals surface area contributed by atoms with Gasteiger partial charge in [-0.25, -0.2) is 0 Å². The Morgan fingerprint density at radius 2 is 2.12 bits per heavy atom. The molecule has 0 aliphatic carbocycles. The van der Waals surface area contributed by atoms with Gasteiger partial charge in [0.1, 0.15) is 0 Å². The van der Waals surface area contributed by atoms with E-state index in [4.69, 9.17) is 0 Å². The summed E-state index contributed by atoms with van der Waals surface area (Å²) in [5.74, 6) is 0.133. The summed E-state index contributed by atoms with van der Waals surface area (Å²) in [7, 11) is 1.92. The van der Waals surface area contributed by atoms with Gasteiger partial charge < -0.3 is 10.4 Å². The molecule has 0 bridgehead atoms. The van der Waals surface area contributed by atoms with Crippen LogP contribution in [-0.2, 0) is 20.0 Å². The van der Waals surface area contributed by atoms with E-state index in [2.05, 4.69) is 20.4 Å². The highest BCUT2D eigenvalue weighted by molar-refractivity contribution is 5.61. The first-order valence-corrected chi connectivity index (χ1v) is 8.40. The molecule has 25 heavy (non-hydrogen) atoms. The average molecular weight is 337 g/mol. The zero-order valence-electron chi connectivity index (χ0n) is 14.3. The van der Waals surface area contributed by atoms with Gasteiger partial charge in [-0.2, -0.15) is 5.10 Å². The summed E-state index contributed by atoms with van der Waals surface area (Å²) in [5, 5.41) is 17.6. The van der Waals surface area contributed by atoms with Crippen LogP contribution in [0.2, 0.25) is 0 Å². The highest BCUT2D eigenvalue weighted by Gasteiger charge is 2.12. The SMILES string of the molecule is Cn1cc(CNCC(CO)Cc2ccccn2)c(-c2cccnc2)n1. The molecule has 130 valence electrons. The Morgan fingerprint density at radius 1 is 1.20 bits per heavy atom. The fourth-order valence-electron chi connectivity index (χ4n) is 2.84. The number of aliphatic hydroxyl groups excluding tert-OH is 1. The van der Waals surface area contributed by atoms with Crippen molar-refractivity contribution >= 4 is 0 Å². The Kier molecular flexibility index (Phi) is 5.87. The number of rotatable bonds is 8. The predicted octanol–water partition coefficient (Wildman–Crippen LogP) is 1.82. The highest BCUT2D eigenvalue weighted by Crippen LogP contribution is 2.20. The van der Waals surface area contributed by atoms with Crippen molar-refractivity contribution in [1.82, 2.24) is 25.1 Å². The van der Waals surface area contributed by atoms with Gasteiger partial charge in [0.15, 0.2) is 0 Å². The third kappa shape index (κ3) is 4.71. The van der Waals surface area contributed by atoms with Gasteiger partial charge in [-0.15, -0.1) is 0 Å². The zero-order chi connectivity index (χ0) is 17.5. The van der Waals surface area contributed by atoms with Gasteiger partial charge in [0.25, 0.3) is 0 Å². The Hall–Kier alpha value is -2.57. The third-order valence-corrected chi connectivity index (χ3v) is 4.07. The molecule has 3 heterocycles. The molecule has 3 aromatic heterocycles. The minimum absolute atomic E-state index is 0.131. The van der Waals surface area contributed by atoms with E-state index < -0.39 is 0 Å². The van der Waals surface area contributed by atoms with Crippen LogP contribution in [0.1, 0.15) is 11.3 Å². The first kappa shape index (κ1) is 17.3. The van der Waals surface area contributed by atoms with Crippen molar-refractivity contribution in [1.29, 1.82) is 0 Å². The van der Waals surface area contributed by atoms with Crippen molar-refractivity contribution in [3.05, 3.63) is 66.4 Å². The summed E-state index contributed by atoms with van der Waals surface area (Å²) in [5.41, 5.74) is 4.06. The summed E-state index contributed by atoms with van der Waals surface area (Å²) in [6.45, 7) is 1.54. The van der Waals surface area contributed by atoms with Crippen molar-refractivity contribution in [2.24, 2.45) is 13.0 Å². The normalized spacial score (nSPS) is 12.2. The topological polar surface area (TPSA) is 75.9 Å². The lowest BCUT2D eigenvalue weighted by Crippen LogP contribution is -2.26. The van der Waals surface area contributed by atoms with Gasteiger partial charge in [-0.1, -0.05) is 6.07 Å². The van der Waals surface area contributed by atoms with Crippen molar-refractivity contribution in [2.45, 2.75) is 13.0 Å². The van der Waals surface area contributed by atoms with E-state index in [9.17, 15) is 5.11 Å². The van der Waals surface area contributed by atoms with Crippen LogP contribution in [0, 0.1) is 5.92 Å². The first-order valence-electron chi connectivity index (χ1n) is 8.40. The minimum atomic E-state index is 0.131. The number of hydrogen-bond donors (Lipinski definition) is 2. The van der Waals surface area contributed by atoms with Crippen LogP contribution in [0.3, 0.4) is 0 Å². The number of aromatic nitrogens is 4. The van der Waals surface area contributed by atoms with E-state index in [0.29, 0.717) is 13.1 Å². The molecule has 0 spiro atoms. The maximum atomic E-state index is 9.63. The number of nitrogens with one attached hydrogen (secondary N) is 1. The van der Waals surface area contributed by atoms with Gasteiger partial charge >= 0.3 is 0 Å². The van der Waals surface area contributed by atoms with Crippen LogP contribution in [0.4, 0.5) is 0 Å². The summed E-state index contributed by atoms with van der Waals surface area (Å²) >= 11 is 0. The van der Waals surface area contributed by atoms with E-state index >= 15 is 0 Å². The van der Waals surface area contributed by atoms with E-state index in [0.717, 1.165) is 28.9 Å². The molecular formula is C19H23N5O. The van der Waals surface area contributed by atoms with Crippen LogP contribution >= 0.6 is 0 Å². The Bertz CT molecular complexity index is 773. The van der Waals surface area contributed by atoms with E-state index in [1.807, 2.05) is 54.5 Å². The molecule has 0 aliphatic rings. The molecule has 0 radical (unpaired) electrons. The molecule has 1 unspecified atom stereocenters. The van der Waals surface area contributed by atoms with E-state index in [1.165, 1.54) is 0 Å². The molecule has 0 aliphatic heterocycles. The summed E-state index contributed by atoms with van der Waals surface area (Å²) in [4.78, 5) is 8.50. The highest BCUT2D eigenvalue weighted by atomic mass is 16.3. The first-order chi connectivity index (χ1) is 12.3. The molecule has 0 saturated heterocycles. The summed E-state index contributed by atoms with van der Waals surface area (Å²) in [6, 6.07) is 9.79. The molecule has 1 atom stereocenters. The van der Waals surface area contributed by atoms with Crippen molar-refractivity contribution < 1.29 is 5.11 Å². The molecule has 6 heteroatoms. The van der Waals surface area contributed by atoms with Gasteiger partial charge in [-0.3, -0.25) is 14.6 Å². The fourth-order valence-corrected chi connectivity index (χ4v) is 2.84. The van der Waals surface area contributed by atoms with Crippen LogP contribution < -0.4 is 5.32 Å². The van der Waals surface area contributed by atoms with Gasteiger partial charge in [0, 0.05) is 68.4 Å². The number of aliphatic hydroxyl groups is 1. The van der Waals surface area contributed by atoms with E-state index in [-0.39, 0.29) is 12.5 Å². The second-order valence-electron chi connectivity index (χ2n) is 6.12. The Morgan fingerprint density at radius 3 is 2.84 bits per heavy atom. The average Bonchev–Trinajstić information content (AvgIpc) is 3.03. The van der Waals surface area contributed by atoms with Crippen LogP contribution in [0.5, 0.6) is 0 Å². The number of pyridine rings is 2. The number of hydrogen-bond acceptors (Lipinski definition) is 5. The lowest BCUT2D eigenvalue weighted by Gasteiger charge is -2.14. The van der Waals surface area contributed by atoms with Crippen molar-refractivity contribution in [3.63, 3.8) is 0 Å². The smallest absolute Gasteiger partial charge is 0.0983 e. The third-order valence-electron chi connectivity index (χ3n) is 4.07. The van der Waals surface area contributed by atoms with Crippen LogP contribution in [-0.4, -0.2) is 38.0 Å². The van der Waals surface area contributed by atoms with Crippen molar-refractivity contribution in [2.75, 3.05) is 13.2 Å². The van der Waals surface area contributed by atoms with Gasteiger partial charge in [0.05, 0.1) is 5.69 Å². The monoisotopic (exact) mass is 337 g/mol. The number of aryl methyl sites for hydroxylation is 1. The number of nitrogens with zero attached hydrogens (tertiary/aromatic N) is 4. The summed E-state index contributed by atoms with van der Waals surface area (Å²) in [6.07, 6.45) is 8.14. The molecule has 0 fully saturated rings. The molecule has 2 N–H and O–H groups in total. The maximum Gasteiger partial charge on any atom is 0.0983 e. The predicted molar refractivity (Wildman–Crippen MR) is 96.7 cm³/mol. The molecule has 6 nitrogen and oxygen atoms in total. The molecule has 0 amide bonds. The lowest BCUT2D eigenvalue weighted by atomic mass is 10.0. The second-order valence-corrected chi connectivity index (χ2v) is 6.12. The molecule has 0 saturated carbocycles. The minimum Gasteiger partial charge on any atom is -0.396 e. The zero-order valence-corrected chi connectivity index (χ0v) is 14.3. The quantitative estimate of drug-likeness (QED) is 0.656. The fraction of sp³-hybridized carbons (Fsp3) is 0.316. The maximum absolute atomic E-state index is 9.63. The molecule has 3 rings (SSSR count). The molecular weight excluding hydrogens is 314 g/mol. The van der Waals surface area contributed by atoms with Crippen LogP contribution in [0.15, 0.2) is 55.1 Å². The largest absolute Gasteiger partial charge is 0.396 e. The Labute approximate surface area is 147 Å². The second kappa shape index (κ2) is 8.50. The van der Waals surface area contributed by atoms with Crippen molar-refractivity contribution in [3.8, 4) is 11.3 Å². The molecule has 3 aromatic rings.